The number of carbonyl (C=O) groups is 1. The molecule has 6 nitrogen and oxygen atoms in total. The van der Waals surface area contributed by atoms with Crippen LogP contribution in [0.2, 0.25) is 0 Å². The maximum absolute atomic E-state index is 13.5. The van der Waals surface area contributed by atoms with Gasteiger partial charge in [-0.15, -0.1) is 11.3 Å². The molecule has 1 amide bonds. The lowest BCUT2D eigenvalue weighted by Crippen LogP contribution is -2.33. The maximum atomic E-state index is 13.5. The smallest absolute Gasteiger partial charge is 0.272 e. The minimum absolute atomic E-state index is 0.0608. The van der Waals surface area contributed by atoms with E-state index in [9.17, 15) is 9.59 Å². The molecule has 166 valence electrons. The number of amides is 1. The Morgan fingerprint density at radius 3 is 2.66 bits per heavy atom. The first-order valence-corrected chi connectivity index (χ1v) is 12.6. The first-order valence-electron chi connectivity index (χ1n) is 10.8. The van der Waals surface area contributed by atoms with Crippen LogP contribution in [-0.4, -0.2) is 32.2 Å². The van der Waals surface area contributed by atoms with E-state index in [1.54, 1.807) is 10.8 Å². The van der Waals surface area contributed by atoms with Gasteiger partial charge in [0.2, 0.25) is 5.91 Å². The number of carbonyl (C=O) groups excluding carboxylic acids is 1. The molecule has 0 aliphatic heterocycles. The van der Waals surface area contributed by atoms with E-state index in [1.807, 2.05) is 38.1 Å². The minimum atomic E-state index is -0.0950. The van der Waals surface area contributed by atoms with Gasteiger partial charge in [0.15, 0.2) is 5.16 Å². The maximum Gasteiger partial charge on any atom is 0.272 e. The van der Waals surface area contributed by atoms with Crippen molar-refractivity contribution >= 4 is 49.4 Å². The third-order valence-electron chi connectivity index (χ3n) is 5.44. The van der Waals surface area contributed by atoms with Gasteiger partial charge >= 0.3 is 0 Å². The van der Waals surface area contributed by atoms with Crippen LogP contribution in [0.5, 0.6) is 0 Å². The molecule has 8 heteroatoms. The Bertz CT molecular complexity index is 1310. The number of aromatic nitrogens is 3. The molecule has 0 aliphatic rings. The summed E-state index contributed by atoms with van der Waals surface area (Å²) in [5.74, 6) is 0.145. The second-order valence-corrected chi connectivity index (χ2v) is 9.70. The molecule has 3 aromatic heterocycles. The molecule has 3 heterocycles. The molecule has 0 unspecified atom stereocenters. The Kier molecular flexibility index (Phi) is 6.91. The van der Waals surface area contributed by atoms with E-state index < -0.39 is 0 Å². The molecule has 0 aliphatic carbocycles. The zero-order chi connectivity index (χ0) is 22.7. The van der Waals surface area contributed by atoms with Crippen LogP contribution in [0.4, 0.5) is 0 Å². The Hall–Kier alpha value is -2.71. The molecule has 1 aromatic carbocycles. The van der Waals surface area contributed by atoms with Crippen molar-refractivity contribution in [3.8, 4) is 0 Å². The molecule has 0 saturated heterocycles. The highest BCUT2D eigenvalue weighted by molar-refractivity contribution is 7.99. The molecule has 0 spiro atoms. The Morgan fingerprint density at radius 1 is 1.19 bits per heavy atom. The average Bonchev–Trinajstić information content (AvgIpc) is 3.19. The van der Waals surface area contributed by atoms with Crippen molar-refractivity contribution in [3.63, 3.8) is 0 Å². The lowest BCUT2D eigenvalue weighted by atomic mass is 10.1. The van der Waals surface area contributed by atoms with Gasteiger partial charge in [-0.05, 0) is 43.0 Å². The standard InChI is InChI=1S/C24H26N4O2S2/c1-4-15(3)26-19(29)14-31-24-27-20-18-7-6-12-25-22(18)32-21(20)23(30)28(24)13-17-10-8-16(5-2)9-11-17/h6-12,15H,4-5,13-14H2,1-3H3,(H,26,29)/t15-/m0/s1. The van der Waals surface area contributed by atoms with Gasteiger partial charge in [0.25, 0.3) is 5.56 Å². The third-order valence-corrected chi connectivity index (χ3v) is 7.51. The third kappa shape index (κ3) is 4.71. The van der Waals surface area contributed by atoms with Crippen LogP contribution < -0.4 is 10.9 Å². The number of nitrogens with one attached hydrogen (secondary N) is 1. The van der Waals surface area contributed by atoms with E-state index in [2.05, 4.69) is 29.4 Å². The summed E-state index contributed by atoms with van der Waals surface area (Å²) in [4.78, 5) is 35.9. The fourth-order valence-corrected chi connectivity index (χ4v) is 5.24. The van der Waals surface area contributed by atoms with E-state index in [4.69, 9.17) is 4.98 Å². The number of hydrogen-bond donors (Lipinski definition) is 1. The Balaban J connectivity index is 1.75. The van der Waals surface area contributed by atoms with Crippen molar-refractivity contribution in [2.24, 2.45) is 0 Å². The topological polar surface area (TPSA) is 76.9 Å². The Morgan fingerprint density at radius 2 is 1.94 bits per heavy atom. The van der Waals surface area contributed by atoms with Crippen LogP contribution in [0.25, 0.3) is 20.4 Å². The fraction of sp³-hybridized carbons (Fsp3) is 0.333. The van der Waals surface area contributed by atoms with Crippen LogP contribution in [0.3, 0.4) is 0 Å². The predicted molar refractivity (Wildman–Crippen MR) is 133 cm³/mol. The van der Waals surface area contributed by atoms with Gasteiger partial charge in [0.05, 0.1) is 17.8 Å². The zero-order valence-electron chi connectivity index (χ0n) is 18.4. The van der Waals surface area contributed by atoms with Gasteiger partial charge in [-0.2, -0.15) is 0 Å². The van der Waals surface area contributed by atoms with Crippen LogP contribution in [0.1, 0.15) is 38.3 Å². The van der Waals surface area contributed by atoms with E-state index in [1.165, 1.54) is 28.7 Å². The van der Waals surface area contributed by atoms with Crippen LogP contribution in [0.15, 0.2) is 52.5 Å². The monoisotopic (exact) mass is 466 g/mol. The van der Waals surface area contributed by atoms with Gasteiger partial charge in [0, 0.05) is 17.6 Å². The Labute approximate surface area is 195 Å². The molecule has 0 fully saturated rings. The summed E-state index contributed by atoms with van der Waals surface area (Å²) in [6, 6.07) is 12.2. The second kappa shape index (κ2) is 9.83. The van der Waals surface area contributed by atoms with Crippen molar-refractivity contribution in [1.29, 1.82) is 0 Å². The van der Waals surface area contributed by atoms with Gasteiger partial charge in [-0.25, -0.2) is 9.97 Å². The summed E-state index contributed by atoms with van der Waals surface area (Å²) in [5.41, 5.74) is 2.84. The summed E-state index contributed by atoms with van der Waals surface area (Å²) < 4.78 is 2.28. The van der Waals surface area contributed by atoms with Gasteiger partial charge in [-0.1, -0.05) is 49.9 Å². The molecule has 4 aromatic rings. The number of nitrogens with zero attached hydrogens (tertiary/aromatic N) is 3. The van der Waals surface area contributed by atoms with E-state index >= 15 is 0 Å². The van der Waals surface area contributed by atoms with Gasteiger partial charge in [-0.3, -0.25) is 14.2 Å². The number of pyridine rings is 1. The first-order chi connectivity index (χ1) is 15.5. The summed E-state index contributed by atoms with van der Waals surface area (Å²) >= 11 is 2.67. The van der Waals surface area contributed by atoms with E-state index in [0.717, 1.165) is 28.6 Å². The second-order valence-electron chi connectivity index (χ2n) is 7.76. The zero-order valence-corrected chi connectivity index (χ0v) is 20.1. The summed E-state index contributed by atoms with van der Waals surface area (Å²) in [6.07, 6.45) is 3.56. The molecule has 1 atom stereocenters. The molecule has 0 saturated carbocycles. The highest BCUT2D eigenvalue weighted by atomic mass is 32.2. The molecular formula is C24H26N4O2S2. The normalized spacial score (nSPS) is 12.3. The van der Waals surface area contributed by atoms with Crippen LogP contribution in [-0.2, 0) is 17.8 Å². The van der Waals surface area contributed by atoms with Gasteiger partial charge < -0.3 is 5.32 Å². The average molecular weight is 467 g/mol. The molecule has 0 radical (unpaired) electrons. The molecular weight excluding hydrogens is 440 g/mol. The number of benzene rings is 1. The minimum Gasteiger partial charge on any atom is -0.353 e. The summed E-state index contributed by atoms with van der Waals surface area (Å²) in [6.45, 7) is 6.53. The quantitative estimate of drug-likeness (QED) is 0.303. The molecule has 32 heavy (non-hydrogen) atoms. The van der Waals surface area contributed by atoms with Crippen LogP contribution >= 0.6 is 23.1 Å². The largest absolute Gasteiger partial charge is 0.353 e. The number of thioether (sulfide) groups is 1. The van der Waals surface area contributed by atoms with Crippen molar-refractivity contribution in [1.82, 2.24) is 19.9 Å². The fourth-order valence-electron chi connectivity index (χ4n) is 3.40. The number of aryl methyl sites for hydroxylation is 1. The van der Waals surface area contributed by atoms with Crippen molar-refractivity contribution in [2.75, 3.05) is 5.75 Å². The van der Waals surface area contributed by atoms with Crippen molar-refractivity contribution in [3.05, 3.63) is 64.1 Å². The van der Waals surface area contributed by atoms with Crippen molar-refractivity contribution in [2.45, 2.75) is 51.4 Å². The predicted octanol–water partition coefficient (Wildman–Crippen LogP) is 4.62. The number of fused-ring (bicyclic) bond motifs is 3. The summed E-state index contributed by atoms with van der Waals surface area (Å²) in [7, 11) is 0. The highest BCUT2D eigenvalue weighted by Gasteiger charge is 2.18. The highest BCUT2D eigenvalue weighted by Crippen LogP contribution is 2.30. The lowest BCUT2D eigenvalue weighted by molar-refractivity contribution is -0.119. The van der Waals surface area contributed by atoms with Crippen molar-refractivity contribution < 1.29 is 4.79 Å². The molecule has 1 N–H and O–H groups in total. The SMILES string of the molecule is CCc1ccc(Cn2c(SCC(=O)N[C@@H](C)CC)nc3c(sc4ncccc43)c2=O)cc1. The first kappa shape index (κ1) is 22.5. The van der Waals surface area contributed by atoms with Gasteiger partial charge in [0.1, 0.15) is 9.53 Å². The number of rotatable bonds is 8. The van der Waals surface area contributed by atoms with E-state index in [-0.39, 0.29) is 23.3 Å². The molecule has 0 bridgehead atoms. The molecule has 4 rings (SSSR count). The number of hydrogen-bond acceptors (Lipinski definition) is 6. The number of thiophene rings is 1. The van der Waals surface area contributed by atoms with Crippen LogP contribution in [0, 0.1) is 0 Å². The lowest BCUT2D eigenvalue weighted by Gasteiger charge is -2.14. The van der Waals surface area contributed by atoms with E-state index in [0.29, 0.717) is 21.9 Å². The summed E-state index contributed by atoms with van der Waals surface area (Å²) in [5, 5.41) is 4.39.